The Morgan fingerprint density at radius 1 is 1.03 bits per heavy atom. The molecule has 2 N–H and O–H groups in total. The molecule has 0 aliphatic heterocycles. The van der Waals surface area contributed by atoms with Crippen LogP contribution in [0.3, 0.4) is 0 Å². The second-order valence-electron chi connectivity index (χ2n) is 11.0. The van der Waals surface area contributed by atoms with E-state index in [0.29, 0.717) is 24.3 Å². The number of hydrogen-bond acceptors (Lipinski definition) is 4. The molecule has 0 saturated heterocycles. The smallest absolute Gasteiger partial charge is 0.252 e. The molecule has 0 aromatic heterocycles. The molecule has 2 aromatic carbocycles. The SMILES string of the molecule is CN(C)[C@@H](CNC(=O)c1cc(S(=O)(=O)NC23CC4CC(CC(C4)C2)C3)ccc1Cl)c1ccccc1. The van der Waals surface area contributed by atoms with E-state index in [4.69, 9.17) is 11.6 Å². The Bertz CT molecular complexity index is 1160. The van der Waals surface area contributed by atoms with Gasteiger partial charge in [-0.25, -0.2) is 13.1 Å². The zero-order valence-electron chi connectivity index (χ0n) is 20.3. The van der Waals surface area contributed by atoms with Crippen LogP contribution in [0.15, 0.2) is 53.4 Å². The van der Waals surface area contributed by atoms with Gasteiger partial charge in [-0.3, -0.25) is 4.79 Å². The molecule has 4 aliphatic carbocycles. The molecule has 8 heteroatoms. The minimum absolute atomic E-state index is 0.0245. The van der Waals surface area contributed by atoms with Gasteiger partial charge in [0.2, 0.25) is 10.0 Å². The molecule has 0 heterocycles. The molecule has 0 unspecified atom stereocenters. The van der Waals surface area contributed by atoms with Crippen molar-refractivity contribution >= 4 is 27.5 Å². The number of nitrogens with zero attached hydrogens (tertiary/aromatic N) is 1. The van der Waals surface area contributed by atoms with Gasteiger partial charge in [-0.05, 0) is 94.1 Å². The lowest BCUT2D eigenvalue weighted by Gasteiger charge is -2.56. The maximum Gasteiger partial charge on any atom is 0.252 e. The Hall–Kier alpha value is -1.93. The van der Waals surface area contributed by atoms with Crippen molar-refractivity contribution in [2.75, 3.05) is 20.6 Å². The molecular weight excluding hydrogens is 482 g/mol. The monoisotopic (exact) mass is 515 g/mol. The van der Waals surface area contributed by atoms with Gasteiger partial charge in [-0.2, -0.15) is 0 Å². The van der Waals surface area contributed by atoms with E-state index in [2.05, 4.69) is 10.0 Å². The first-order valence-electron chi connectivity index (χ1n) is 12.5. The molecule has 2 aromatic rings. The summed E-state index contributed by atoms with van der Waals surface area (Å²) in [6.07, 6.45) is 6.48. The quantitative estimate of drug-likeness (QED) is 0.537. The second kappa shape index (κ2) is 9.51. The lowest BCUT2D eigenvalue weighted by Crippen LogP contribution is -2.59. The van der Waals surface area contributed by atoms with Crippen molar-refractivity contribution in [1.29, 1.82) is 0 Å². The first kappa shape index (κ1) is 24.8. The molecule has 1 amide bonds. The zero-order valence-corrected chi connectivity index (χ0v) is 21.9. The second-order valence-corrected chi connectivity index (χ2v) is 13.1. The van der Waals surface area contributed by atoms with Crippen molar-refractivity contribution in [1.82, 2.24) is 14.9 Å². The minimum atomic E-state index is -3.78. The van der Waals surface area contributed by atoms with Gasteiger partial charge in [-0.1, -0.05) is 41.9 Å². The Morgan fingerprint density at radius 3 is 2.20 bits per heavy atom. The normalized spacial score (nSPS) is 28.3. The van der Waals surface area contributed by atoms with E-state index < -0.39 is 10.0 Å². The zero-order chi connectivity index (χ0) is 24.8. The Labute approximate surface area is 213 Å². The number of benzene rings is 2. The number of carbonyl (C=O) groups excluding carboxylic acids is 1. The van der Waals surface area contributed by atoms with Gasteiger partial charge in [0.15, 0.2) is 0 Å². The van der Waals surface area contributed by atoms with E-state index in [1.807, 2.05) is 49.3 Å². The summed E-state index contributed by atoms with van der Waals surface area (Å²) < 4.78 is 30.0. The molecule has 0 radical (unpaired) electrons. The summed E-state index contributed by atoms with van der Waals surface area (Å²) in [5.41, 5.74) is 0.912. The highest BCUT2D eigenvalue weighted by atomic mass is 35.5. The minimum Gasteiger partial charge on any atom is -0.350 e. The van der Waals surface area contributed by atoms with Gasteiger partial charge >= 0.3 is 0 Å². The van der Waals surface area contributed by atoms with Gasteiger partial charge in [0.25, 0.3) is 5.91 Å². The third-order valence-corrected chi connectivity index (χ3v) is 10.1. The van der Waals surface area contributed by atoms with Crippen LogP contribution in [0, 0.1) is 17.8 Å². The van der Waals surface area contributed by atoms with E-state index in [1.54, 1.807) is 0 Å². The van der Waals surface area contributed by atoms with Crippen LogP contribution < -0.4 is 10.0 Å². The highest BCUT2D eigenvalue weighted by Crippen LogP contribution is 2.56. The van der Waals surface area contributed by atoms with Crippen LogP contribution in [0.5, 0.6) is 0 Å². The predicted octanol–water partition coefficient (Wildman–Crippen LogP) is 4.62. The van der Waals surface area contributed by atoms with Gasteiger partial charge in [0.05, 0.1) is 21.5 Å². The summed E-state index contributed by atoms with van der Waals surface area (Å²) in [7, 11) is 0.137. The Balaban J connectivity index is 1.32. The van der Waals surface area contributed by atoms with Crippen LogP contribution in [-0.2, 0) is 10.0 Å². The fourth-order valence-corrected chi connectivity index (χ4v) is 8.64. The summed E-state index contributed by atoms with van der Waals surface area (Å²) >= 11 is 6.35. The number of likely N-dealkylation sites (N-methyl/N-ethyl adjacent to an activating group) is 1. The number of halogens is 1. The first-order chi connectivity index (χ1) is 16.6. The standard InChI is InChI=1S/C27H34ClN3O3S/c1-31(2)25(21-6-4-3-5-7-21)17-29-26(32)23-13-22(8-9-24(23)28)35(33,34)30-27-14-18-10-19(15-27)12-20(11-18)16-27/h3-9,13,18-20,25,30H,10-12,14-17H2,1-2H3,(H,29,32)/t18?,19?,20?,25-,27?/m0/s1. The van der Waals surface area contributed by atoms with Crippen LogP contribution >= 0.6 is 11.6 Å². The number of rotatable bonds is 8. The molecule has 0 spiro atoms. The largest absolute Gasteiger partial charge is 0.350 e. The van der Waals surface area contributed by atoms with Crippen LogP contribution in [0.1, 0.15) is 60.5 Å². The van der Waals surface area contributed by atoms with E-state index in [1.165, 1.54) is 37.5 Å². The van der Waals surface area contributed by atoms with E-state index in [9.17, 15) is 13.2 Å². The van der Waals surface area contributed by atoms with Gasteiger partial charge < -0.3 is 10.2 Å². The molecule has 35 heavy (non-hydrogen) atoms. The van der Waals surface area contributed by atoms with Crippen LogP contribution in [0.25, 0.3) is 0 Å². The van der Waals surface area contributed by atoms with E-state index in [-0.39, 0.29) is 33.0 Å². The lowest BCUT2D eigenvalue weighted by molar-refractivity contribution is -0.00810. The summed E-state index contributed by atoms with van der Waals surface area (Å²) in [6.45, 7) is 0.370. The molecule has 4 aliphatic rings. The highest BCUT2D eigenvalue weighted by Gasteiger charge is 2.52. The highest BCUT2D eigenvalue weighted by molar-refractivity contribution is 7.89. The maximum atomic E-state index is 13.5. The molecule has 188 valence electrons. The number of carbonyl (C=O) groups is 1. The van der Waals surface area contributed by atoms with Crippen molar-refractivity contribution in [3.8, 4) is 0 Å². The summed E-state index contributed by atoms with van der Waals surface area (Å²) in [6, 6.07) is 14.3. The fraction of sp³-hybridized carbons (Fsp3) is 0.519. The maximum absolute atomic E-state index is 13.5. The van der Waals surface area contributed by atoms with Crippen molar-refractivity contribution < 1.29 is 13.2 Å². The third kappa shape index (κ3) is 5.15. The number of amides is 1. The molecule has 6 nitrogen and oxygen atoms in total. The molecule has 4 fully saturated rings. The summed E-state index contributed by atoms with van der Waals surface area (Å²) in [4.78, 5) is 15.2. The molecule has 6 rings (SSSR count). The lowest BCUT2D eigenvalue weighted by atomic mass is 9.53. The Kier molecular flexibility index (Phi) is 6.72. The predicted molar refractivity (Wildman–Crippen MR) is 138 cm³/mol. The van der Waals surface area contributed by atoms with E-state index in [0.717, 1.165) is 24.8 Å². The average molecular weight is 516 g/mol. The number of nitrogens with one attached hydrogen (secondary N) is 2. The van der Waals surface area contributed by atoms with Crippen LogP contribution in [0.4, 0.5) is 0 Å². The fourth-order valence-electron chi connectivity index (χ4n) is 6.98. The number of hydrogen-bond donors (Lipinski definition) is 2. The number of sulfonamides is 1. The first-order valence-corrected chi connectivity index (χ1v) is 14.3. The van der Waals surface area contributed by atoms with Crippen molar-refractivity contribution in [3.63, 3.8) is 0 Å². The van der Waals surface area contributed by atoms with Crippen molar-refractivity contribution in [3.05, 3.63) is 64.7 Å². The van der Waals surface area contributed by atoms with Crippen LogP contribution in [-0.4, -0.2) is 45.4 Å². The van der Waals surface area contributed by atoms with Gasteiger partial charge in [0.1, 0.15) is 0 Å². The molecule has 4 bridgehead atoms. The van der Waals surface area contributed by atoms with Crippen molar-refractivity contribution in [2.45, 2.75) is 55.0 Å². The Morgan fingerprint density at radius 2 is 1.63 bits per heavy atom. The van der Waals surface area contributed by atoms with E-state index >= 15 is 0 Å². The third-order valence-electron chi connectivity index (χ3n) is 8.15. The van der Waals surface area contributed by atoms with Gasteiger partial charge in [-0.15, -0.1) is 0 Å². The molecule has 4 saturated carbocycles. The summed E-state index contributed by atoms with van der Waals surface area (Å²) in [5, 5.41) is 3.18. The topological polar surface area (TPSA) is 78.5 Å². The van der Waals surface area contributed by atoms with Crippen molar-refractivity contribution in [2.24, 2.45) is 17.8 Å². The van der Waals surface area contributed by atoms with Crippen LogP contribution in [0.2, 0.25) is 5.02 Å². The molecular formula is C27H34ClN3O3S. The molecule has 1 atom stereocenters. The average Bonchev–Trinajstić information content (AvgIpc) is 2.78. The summed E-state index contributed by atoms with van der Waals surface area (Å²) in [5.74, 6) is 1.50. The van der Waals surface area contributed by atoms with Gasteiger partial charge in [0, 0.05) is 12.1 Å².